The van der Waals surface area contributed by atoms with Gasteiger partial charge in [-0.2, -0.15) is 0 Å². The number of primary amides is 2. The van der Waals surface area contributed by atoms with Crippen molar-refractivity contribution in [2.45, 2.75) is 45.6 Å². The van der Waals surface area contributed by atoms with Crippen molar-refractivity contribution in [1.82, 2.24) is 10.2 Å². The fourth-order valence-electron chi connectivity index (χ4n) is 3.22. The molecule has 1 heterocycles. The predicted molar refractivity (Wildman–Crippen MR) is 110 cm³/mol. The Morgan fingerprint density at radius 2 is 1.69 bits per heavy atom. The van der Waals surface area contributed by atoms with Crippen molar-refractivity contribution in [1.29, 1.82) is 0 Å². The largest absolute Gasteiger partial charge is 0.368 e. The third kappa shape index (κ3) is 5.73. The molecule has 0 spiro atoms. The van der Waals surface area contributed by atoms with Crippen molar-refractivity contribution in [3.8, 4) is 0 Å². The van der Waals surface area contributed by atoms with Gasteiger partial charge >= 0.3 is 0 Å². The van der Waals surface area contributed by atoms with Gasteiger partial charge in [-0.1, -0.05) is 39.8 Å². The molecule has 0 radical (unpaired) electrons. The number of nitrogens with two attached hydrogens (primary N) is 2. The van der Waals surface area contributed by atoms with E-state index in [1.54, 1.807) is 23.1 Å². The lowest BCUT2D eigenvalue weighted by Gasteiger charge is -2.38. The van der Waals surface area contributed by atoms with E-state index in [9.17, 15) is 14.0 Å². The van der Waals surface area contributed by atoms with Crippen LogP contribution < -0.4 is 16.4 Å². The van der Waals surface area contributed by atoms with Gasteiger partial charge in [0.25, 0.3) is 5.91 Å². The molecule has 2 amide bonds. The van der Waals surface area contributed by atoms with Crippen molar-refractivity contribution in [2.24, 2.45) is 17.4 Å². The van der Waals surface area contributed by atoms with Crippen molar-refractivity contribution >= 4 is 17.6 Å². The molecular formula is C21H28FN5O2. The molecular weight excluding hydrogens is 373 g/mol. The number of halogens is 1. The molecule has 0 saturated heterocycles. The van der Waals surface area contributed by atoms with Gasteiger partial charge in [0.1, 0.15) is 11.9 Å². The number of aromatic nitrogens is 2. The first-order valence-electron chi connectivity index (χ1n) is 9.47. The van der Waals surface area contributed by atoms with Crippen LogP contribution in [0.1, 0.15) is 50.2 Å². The van der Waals surface area contributed by atoms with Crippen molar-refractivity contribution in [3.05, 3.63) is 53.5 Å². The van der Waals surface area contributed by atoms with Crippen LogP contribution in [-0.2, 0) is 10.2 Å². The average Bonchev–Trinajstić information content (AvgIpc) is 2.64. The zero-order chi connectivity index (χ0) is 21.8. The Labute approximate surface area is 170 Å². The van der Waals surface area contributed by atoms with Crippen LogP contribution in [0, 0.1) is 11.7 Å². The van der Waals surface area contributed by atoms with Gasteiger partial charge in [0.2, 0.25) is 5.91 Å². The molecule has 0 saturated carbocycles. The lowest BCUT2D eigenvalue weighted by atomic mass is 9.83. The molecule has 29 heavy (non-hydrogen) atoms. The number of rotatable bonds is 9. The Hall–Kier alpha value is -3.03. The van der Waals surface area contributed by atoms with Crippen LogP contribution in [-0.4, -0.2) is 34.6 Å². The van der Waals surface area contributed by atoms with Crippen molar-refractivity contribution in [2.75, 3.05) is 11.4 Å². The minimum atomic E-state index is -0.684. The monoisotopic (exact) mass is 401 g/mol. The van der Waals surface area contributed by atoms with E-state index in [1.165, 1.54) is 18.2 Å². The molecule has 1 aromatic carbocycles. The van der Waals surface area contributed by atoms with Gasteiger partial charge < -0.3 is 16.4 Å². The number of nitrogens with zero attached hydrogens (tertiary/aromatic N) is 3. The summed E-state index contributed by atoms with van der Waals surface area (Å²) in [4.78, 5) is 25.4. The Kier molecular flexibility index (Phi) is 6.89. The number of carbonyl (C=O) groups excluding carboxylic acids is 2. The van der Waals surface area contributed by atoms with Crippen molar-refractivity contribution in [3.63, 3.8) is 0 Å². The fraction of sp³-hybridized carbons (Fsp3) is 0.429. The smallest absolute Gasteiger partial charge is 0.269 e. The molecule has 1 aromatic heterocycles. The molecule has 0 fully saturated rings. The Balaban J connectivity index is 2.46. The molecule has 4 N–H and O–H groups in total. The molecule has 0 aliphatic carbocycles. The predicted octanol–water partition coefficient (Wildman–Crippen LogP) is 2.40. The number of benzene rings is 1. The Bertz CT molecular complexity index is 850. The molecule has 0 aliphatic rings. The second-order valence-corrected chi connectivity index (χ2v) is 8.21. The first-order chi connectivity index (χ1) is 13.5. The normalized spacial score (nSPS) is 12.6. The average molecular weight is 401 g/mol. The van der Waals surface area contributed by atoms with E-state index in [4.69, 9.17) is 11.5 Å². The highest BCUT2D eigenvalue weighted by Gasteiger charge is 2.32. The van der Waals surface area contributed by atoms with Gasteiger partial charge in [-0.15, -0.1) is 10.2 Å². The third-order valence-electron chi connectivity index (χ3n) is 4.79. The van der Waals surface area contributed by atoms with Crippen LogP contribution in [0.4, 0.5) is 10.2 Å². The summed E-state index contributed by atoms with van der Waals surface area (Å²) in [6.45, 7) is 8.36. The Morgan fingerprint density at radius 3 is 2.14 bits per heavy atom. The summed E-state index contributed by atoms with van der Waals surface area (Å²) in [7, 11) is 0. The number of hydrogen-bond acceptors (Lipinski definition) is 5. The lowest BCUT2D eigenvalue weighted by Crippen LogP contribution is -2.50. The summed E-state index contributed by atoms with van der Waals surface area (Å²) in [6.07, 6.45) is 0.522. The summed E-state index contributed by atoms with van der Waals surface area (Å²) in [6, 6.07) is 8.70. The topological polar surface area (TPSA) is 115 Å². The quantitative estimate of drug-likeness (QED) is 0.669. The lowest BCUT2D eigenvalue weighted by molar-refractivity contribution is -0.119. The second-order valence-electron chi connectivity index (χ2n) is 8.21. The minimum Gasteiger partial charge on any atom is -0.368 e. The molecule has 2 aromatic rings. The molecule has 1 unspecified atom stereocenters. The molecule has 8 heteroatoms. The van der Waals surface area contributed by atoms with Gasteiger partial charge in [0.05, 0.1) is 0 Å². The van der Waals surface area contributed by atoms with Crippen LogP contribution in [0.3, 0.4) is 0 Å². The van der Waals surface area contributed by atoms with Crippen LogP contribution in [0.25, 0.3) is 0 Å². The zero-order valence-corrected chi connectivity index (χ0v) is 17.2. The molecule has 0 aliphatic heterocycles. The molecule has 7 nitrogen and oxygen atoms in total. The van der Waals surface area contributed by atoms with E-state index in [-0.39, 0.29) is 17.4 Å². The van der Waals surface area contributed by atoms with Crippen molar-refractivity contribution < 1.29 is 14.0 Å². The first-order valence-corrected chi connectivity index (χ1v) is 9.47. The van der Waals surface area contributed by atoms with Crippen LogP contribution in [0.5, 0.6) is 0 Å². The van der Waals surface area contributed by atoms with Gasteiger partial charge in [-0.3, -0.25) is 9.59 Å². The fourth-order valence-corrected chi connectivity index (χ4v) is 3.22. The molecule has 156 valence electrons. The van der Waals surface area contributed by atoms with Crippen LogP contribution >= 0.6 is 0 Å². The SMILES string of the molecule is CC(C)CC(C(N)=O)N(CC(C)(C)c1ccc(F)cc1)c1ccc(C(N)=O)nn1. The van der Waals surface area contributed by atoms with E-state index >= 15 is 0 Å². The van der Waals surface area contributed by atoms with E-state index in [1.807, 2.05) is 27.7 Å². The number of carbonyl (C=O) groups is 2. The van der Waals surface area contributed by atoms with E-state index < -0.39 is 23.3 Å². The van der Waals surface area contributed by atoms with Gasteiger partial charge in [-0.25, -0.2) is 4.39 Å². The summed E-state index contributed by atoms with van der Waals surface area (Å²) in [5, 5.41) is 7.98. The van der Waals surface area contributed by atoms with E-state index in [2.05, 4.69) is 10.2 Å². The zero-order valence-electron chi connectivity index (χ0n) is 17.2. The third-order valence-corrected chi connectivity index (χ3v) is 4.79. The number of anilines is 1. The summed E-state index contributed by atoms with van der Waals surface area (Å²) in [5.41, 5.74) is 11.4. The first kappa shape index (κ1) is 22.3. The highest BCUT2D eigenvalue weighted by molar-refractivity contribution is 5.90. The second kappa shape index (κ2) is 8.98. The standard InChI is InChI=1S/C21H28FN5O2/c1-13(2)11-17(20(24)29)27(18-10-9-16(19(23)28)25-26-18)12-21(3,4)14-5-7-15(22)8-6-14/h5-10,13,17H,11-12H2,1-4H3,(H2,23,28)(H2,24,29). The van der Waals surface area contributed by atoms with Gasteiger partial charge in [0.15, 0.2) is 11.5 Å². The molecule has 0 bridgehead atoms. The van der Waals surface area contributed by atoms with Crippen LogP contribution in [0.15, 0.2) is 36.4 Å². The van der Waals surface area contributed by atoms with E-state index in [0.717, 1.165) is 5.56 Å². The summed E-state index contributed by atoms with van der Waals surface area (Å²) >= 11 is 0. The maximum atomic E-state index is 13.4. The summed E-state index contributed by atoms with van der Waals surface area (Å²) in [5.74, 6) is -0.856. The minimum absolute atomic E-state index is 0.0333. The maximum Gasteiger partial charge on any atom is 0.269 e. The molecule has 2 rings (SSSR count). The number of amides is 2. The highest BCUT2D eigenvalue weighted by atomic mass is 19.1. The van der Waals surface area contributed by atoms with Crippen LogP contribution in [0.2, 0.25) is 0 Å². The summed E-state index contributed by atoms with van der Waals surface area (Å²) < 4.78 is 13.4. The van der Waals surface area contributed by atoms with Gasteiger partial charge in [-0.05, 0) is 42.2 Å². The number of hydrogen-bond donors (Lipinski definition) is 2. The van der Waals surface area contributed by atoms with Gasteiger partial charge in [0, 0.05) is 12.0 Å². The maximum absolute atomic E-state index is 13.4. The highest BCUT2D eigenvalue weighted by Crippen LogP contribution is 2.29. The molecule has 1 atom stereocenters. The Morgan fingerprint density at radius 1 is 1.07 bits per heavy atom. The van der Waals surface area contributed by atoms with E-state index in [0.29, 0.717) is 18.8 Å².